The Bertz CT molecular complexity index is 1120. The molecule has 0 amide bonds. The van der Waals surface area contributed by atoms with E-state index in [4.69, 9.17) is 8.83 Å². The second kappa shape index (κ2) is 12.7. The number of carboxylic acid groups (broad SMARTS) is 1. The van der Waals surface area contributed by atoms with Gasteiger partial charge in [-0.05, 0) is 57.1 Å². The molecule has 192 valence electrons. The zero-order valence-electron chi connectivity index (χ0n) is 21.3. The quantitative estimate of drug-likeness (QED) is 0.347. The maximum atomic E-state index is 12.1. The molecule has 2 aromatic heterocycles. The molecule has 0 unspecified atom stereocenters. The van der Waals surface area contributed by atoms with Gasteiger partial charge in [-0.15, -0.1) is 0 Å². The van der Waals surface area contributed by atoms with Crippen LogP contribution in [0.15, 0.2) is 42.7 Å². The minimum atomic E-state index is -0.822. The number of carboxylic acids is 1. The molecule has 0 saturated heterocycles. The fourth-order valence-corrected chi connectivity index (χ4v) is 3.63. The van der Waals surface area contributed by atoms with E-state index in [1.54, 1.807) is 26.0 Å². The molecule has 0 radical (unpaired) electrons. The Balaban J connectivity index is 1.99. The molecule has 2 N–H and O–H groups in total. The number of carbonyl (C=O) groups is 1. The van der Waals surface area contributed by atoms with Crippen molar-refractivity contribution in [1.29, 1.82) is 0 Å². The van der Waals surface area contributed by atoms with Crippen molar-refractivity contribution in [1.82, 2.24) is 0 Å². The van der Waals surface area contributed by atoms with Gasteiger partial charge in [-0.25, -0.2) is 0 Å². The third kappa shape index (κ3) is 10.1. The molecule has 0 spiro atoms. The van der Waals surface area contributed by atoms with E-state index in [-0.39, 0.29) is 22.9 Å². The van der Waals surface area contributed by atoms with Gasteiger partial charge in [0.2, 0.25) is 0 Å². The number of aliphatic hydroxyl groups is 1. The number of aliphatic hydroxyl groups excluding tert-OH is 1. The minimum Gasteiger partial charge on any atom is -0.481 e. The van der Waals surface area contributed by atoms with Gasteiger partial charge in [-0.1, -0.05) is 26.7 Å². The first-order valence-corrected chi connectivity index (χ1v) is 12.2. The maximum absolute atomic E-state index is 12.1. The van der Waals surface area contributed by atoms with E-state index in [0.717, 1.165) is 19.3 Å². The predicted molar refractivity (Wildman–Crippen MR) is 136 cm³/mol. The molecule has 2 rings (SSSR count). The lowest BCUT2D eigenvalue weighted by Gasteiger charge is -2.20. The molecule has 7 nitrogen and oxygen atoms in total. The molecule has 2 heterocycles. The lowest BCUT2D eigenvalue weighted by Crippen LogP contribution is -2.23. The lowest BCUT2D eigenvalue weighted by atomic mass is 9.87. The van der Waals surface area contributed by atoms with Gasteiger partial charge in [0.1, 0.15) is 23.0 Å². The van der Waals surface area contributed by atoms with Crippen LogP contribution < -0.4 is 10.9 Å². The van der Waals surface area contributed by atoms with Crippen LogP contribution in [0.1, 0.15) is 89.3 Å². The second-order valence-electron chi connectivity index (χ2n) is 10.6. The van der Waals surface area contributed by atoms with Crippen LogP contribution in [0.4, 0.5) is 0 Å². The third-order valence-electron chi connectivity index (χ3n) is 6.09. The van der Waals surface area contributed by atoms with Crippen molar-refractivity contribution in [3.8, 4) is 0 Å². The van der Waals surface area contributed by atoms with E-state index >= 15 is 0 Å². The van der Waals surface area contributed by atoms with E-state index in [1.165, 1.54) is 24.3 Å². The minimum absolute atomic E-state index is 0.112. The largest absolute Gasteiger partial charge is 0.481 e. The monoisotopic (exact) mass is 486 g/mol. The van der Waals surface area contributed by atoms with Crippen molar-refractivity contribution < 1.29 is 23.8 Å². The Morgan fingerprint density at radius 2 is 1.26 bits per heavy atom. The zero-order valence-corrected chi connectivity index (χ0v) is 21.3. The fraction of sp³-hybridized carbons (Fsp3) is 0.536. The fourth-order valence-electron chi connectivity index (χ4n) is 3.63. The SMILES string of the molecule is CC(C)(CO)CCCCc1cc(=O)cc(/C=C/c2cc(=O)cc(CCCCC(C)(C)C(=O)O)o2)o1. The Labute approximate surface area is 206 Å². The highest BCUT2D eigenvalue weighted by molar-refractivity contribution is 5.73. The molecule has 0 saturated carbocycles. The van der Waals surface area contributed by atoms with Crippen LogP contribution in [0.5, 0.6) is 0 Å². The molecule has 35 heavy (non-hydrogen) atoms. The molecule has 2 aromatic rings. The summed E-state index contributed by atoms with van der Waals surface area (Å²) in [7, 11) is 0. The maximum Gasteiger partial charge on any atom is 0.309 e. The molecular weight excluding hydrogens is 448 g/mol. The smallest absolute Gasteiger partial charge is 0.309 e. The Hall–Kier alpha value is -2.93. The van der Waals surface area contributed by atoms with Gasteiger partial charge in [-0.3, -0.25) is 14.4 Å². The number of aryl methyl sites for hydroxylation is 2. The van der Waals surface area contributed by atoms with Crippen LogP contribution in [0.25, 0.3) is 12.2 Å². The molecule has 0 aromatic carbocycles. The summed E-state index contributed by atoms with van der Waals surface area (Å²) in [6.07, 6.45) is 8.98. The third-order valence-corrected chi connectivity index (χ3v) is 6.09. The van der Waals surface area contributed by atoms with Gasteiger partial charge in [0.25, 0.3) is 0 Å². The van der Waals surface area contributed by atoms with E-state index in [1.807, 2.05) is 13.8 Å². The predicted octanol–water partition coefficient (Wildman–Crippen LogP) is 5.32. The number of rotatable bonds is 14. The average Bonchev–Trinajstić information content (AvgIpc) is 2.77. The summed E-state index contributed by atoms with van der Waals surface area (Å²) < 4.78 is 11.6. The first kappa shape index (κ1) is 28.3. The highest BCUT2D eigenvalue weighted by atomic mass is 16.4. The van der Waals surface area contributed by atoms with Crippen LogP contribution in [-0.2, 0) is 17.6 Å². The summed E-state index contributed by atoms with van der Waals surface area (Å²) >= 11 is 0. The normalized spacial score (nSPS) is 12.4. The van der Waals surface area contributed by atoms with E-state index in [2.05, 4.69) is 0 Å². The van der Waals surface area contributed by atoms with Gasteiger partial charge in [0.15, 0.2) is 10.9 Å². The van der Waals surface area contributed by atoms with Gasteiger partial charge in [0.05, 0.1) is 5.41 Å². The molecule has 7 heteroatoms. The summed E-state index contributed by atoms with van der Waals surface area (Å²) in [5, 5.41) is 18.6. The summed E-state index contributed by atoms with van der Waals surface area (Å²) in [4.78, 5) is 35.4. The highest BCUT2D eigenvalue weighted by Gasteiger charge is 2.26. The summed E-state index contributed by atoms with van der Waals surface area (Å²) in [6.45, 7) is 7.58. The molecular formula is C28H38O7. The molecule has 0 aliphatic carbocycles. The van der Waals surface area contributed by atoms with E-state index in [0.29, 0.717) is 55.1 Å². The lowest BCUT2D eigenvalue weighted by molar-refractivity contribution is -0.147. The van der Waals surface area contributed by atoms with Crippen molar-refractivity contribution in [3.63, 3.8) is 0 Å². The van der Waals surface area contributed by atoms with Gasteiger partial charge >= 0.3 is 5.97 Å². The first-order valence-electron chi connectivity index (χ1n) is 12.2. The van der Waals surface area contributed by atoms with E-state index < -0.39 is 11.4 Å². The molecule has 0 aliphatic rings. The van der Waals surface area contributed by atoms with Gasteiger partial charge < -0.3 is 19.0 Å². The van der Waals surface area contributed by atoms with Crippen LogP contribution in [-0.4, -0.2) is 22.8 Å². The number of unbranched alkanes of at least 4 members (excludes halogenated alkanes) is 2. The molecule has 0 atom stereocenters. The number of hydrogen-bond donors (Lipinski definition) is 2. The highest BCUT2D eigenvalue weighted by Crippen LogP contribution is 2.24. The Morgan fingerprint density at radius 3 is 1.69 bits per heavy atom. The van der Waals surface area contributed by atoms with Crippen LogP contribution in [0, 0.1) is 10.8 Å². The summed E-state index contributed by atoms with van der Waals surface area (Å²) in [5.41, 5.74) is -1.22. The first-order chi connectivity index (χ1) is 16.4. The van der Waals surface area contributed by atoms with Crippen molar-refractivity contribution in [2.75, 3.05) is 6.61 Å². The van der Waals surface area contributed by atoms with Crippen LogP contribution >= 0.6 is 0 Å². The topological polar surface area (TPSA) is 118 Å². The van der Waals surface area contributed by atoms with Crippen molar-refractivity contribution in [2.45, 2.75) is 79.1 Å². The van der Waals surface area contributed by atoms with Gasteiger partial charge in [-0.2, -0.15) is 0 Å². The Kier molecular flexibility index (Phi) is 10.3. The van der Waals surface area contributed by atoms with Crippen LogP contribution in [0.2, 0.25) is 0 Å². The molecule has 0 fully saturated rings. The summed E-state index contributed by atoms with van der Waals surface area (Å²) in [6, 6.07) is 5.69. The Morgan fingerprint density at radius 1 is 0.800 bits per heavy atom. The van der Waals surface area contributed by atoms with E-state index in [9.17, 15) is 24.6 Å². The summed E-state index contributed by atoms with van der Waals surface area (Å²) in [5.74, 6) is 1.05. The van der Waals surface area contributed by atoms with Crippen molar-refractivity contribution in [3.05, 3.63) is 67.8 Å². The van der Waals surface area contributed by atoms with Crippen LogP contribution in [0.3, 0.4) is 0 Å². The number of aliphatic carboxylic acids is 1. The second-order valence-corrected chi connectivity index (χ2v) is 10.6. The van der Waals surface area contributed by atoms with Crippen molar-refractivity contribution >= 4 is 18.1 Å². The number of hydrogen-bond acceptors (Lipinski definition) is 6. The molecule has 0 aliphatic heterocycles. The molecule has 0 bridgehead atoms. The van der Waals surface area contributed by atoms with Crippen molar-refractivity contribution in [2.24, 2.45) is 10.8 Å². The zero-order chi connectivity index (χ0) is 26.1. The average molecular weight is 487 g/mol. The standard InChI is InChI=1S/C28H38O7/c1-27(2,19-29)13-7-5-9-22-15-20(30)17-24(34-22)11-12-25-18-21(31)16-23(35-25)10-6-8-14-28(3,4)26(32)33/h11-12,15-18,29H,5-10,13-14,19H2,1-4H3,(H,32,33)/b12-11+. The van der Waals surface area contributed by atoms with Gasteiger partial charge in [0, 0.05) is 43.7 Å².